The molecule has 0 aliphatic heterocycles. The third kappa shape index (κ3) is 2.88. The fraction of sp³-hybridized carbons (Fsp3) is 0.118. The molecule has 0 spiro atoms. The molecule has 3 aromatic rings. The van der Waals surface area contributed by atoms with Gasteiger partial charge in [-0.1, -0.05) is 18.2 Å². The summed E-state index contributed by atoms with van der Waals surface area (Å²) < 4.78 is 28.3. The minimum atomic E-state index is -0.885. The molecule has 7 heteroatoms. The van der Waals surface area contributed by atoms with Gasteiger partial charge in [0.2, 0.25) is 5.91 Å². The SMILES string of the molecule is Cc1nc2ccccc2c(=O)n1CC(=O)Nc1c(F)cccc1F. The predicted molar refractivity (Wildman–Crippen MR) is 85.7 cm³/mol. The van der Waals surface area contributed by atoms with Crippen LogP contribution in [0, 0.1) is 18.6 Å². The summed E-state index contributed by atoms with van der Waals surface area (Å²) in [4.78, 5) is 28.8. The third-order valence-electron chi connectivity index (χ3n) is 3.58. The highest BCUT2D eigenvalue weighted by Crippen LogP contribution is 2.18. The first-order chi connectivity index (χ1) is 11.5. The molecule has 2 aromatic carbocycles. The zero-order chi connectivity index (χ0) is 17.3. The lowest BCUT2D eigenvalue weighted by Gasteiger charge is -2.12. The standard InChI is InChI=1S/C17H13F2N3O2/c1-10-20-14-8-3-2-5-11(14)17(24)22(10)9-15(23)21-16-12(18)6-4-7-13(16)19/h2-8H,9H2,1H3,(H,21,23). The molecule has 0 saturated heterocycles. The van der Waals surface area contributed by atoms with Crippen LogP contribution in [0.3, 0.4) is 0 Å². The Morgan fingerprint density at radius 2 is 1.79 bits per heavy atom. The number of hydrogen-bond donors (Lipinski definition) is 1. The number of para-hydroxylation sites is 2. The van der Waals surface area contributed by atoms with Gasteiger partial charge in [0, 0.05) is 0 Å². The summed E-state index contributed by atoms with van der Waals surface area (Å²) in [5, 5.41) is 2.52. The number of anilines is 1. The molecule has 0 atom stereocenters. The molecule has 1 N–H and O–H groups in total. The number of halogens is 2. The van der Waals surface area contributed by atoms with Gasteiger partial charge in [-0.25, -0.2) is 13.8 Å². The Kier molecular flexibility index (Phi) is 4.07. The van der Waals surface area contributed by atoms with Gasteiger partial charge in [0.05, 0.1) is 10.9 Å². The highest BCUT2D eigenvalue weighted by atomic mass is 19.1. The largest absolute Gasteiger partial charge is 0.320 e. The van der Waals surface area contributed by atoms with Crippen molar-refractivity contribution in [3.8, 4) is 0 Å². The quantitative estimate of drug-likeness (QED) is 0.803. The van der Waals surface area contributed by atoms with Crippen molar-refractivity contribution in [3.05, 3.63) is 70.3 Å². The number of amides is 1. The Hall–Kier alpha value is -3.09. The van der Waals surface area contributed by atoms with Crippen LogP contribution in [0.2, 0.25) is 0 Å². The first kappa shape index (κ1) is 15.8. The average Bonchev–Trinajstić information content (AvgIpc) is 2.55. The van der Waals surface area contributed by atoms with Crippen LogP contribution in [0.1, 0.15) is 5.82 Å². The average molecular weight is 329 g/mol. The molecule has 0 aliphatic rings. The molecular weight excluding hydrogens is 316 g/mol. The molecule has 5 nitrogen and oxygen atoms in total. The zero-order valence-corrected chi connectivity index (χ0v) is 12.7. The molecule has 1 aromatic heterocycles. The fourth-order valence-electron chi connectivity index (χ4n) is 2.41. The molecule has 24 heavy (non-hydrogen) atoms. The van der Waals surface area contributed by atoms with E-state index in [1.807, 2.05) is 0 Å². The molecule has 122 valence electrons. The predicted octanol–water partition coefficient (Wildman–Crippen LogP) is 2.62. The summed E-state index contributed by atoms with van der Waals surface area (Å²) in [6, 6.07) is 10.0. The second-order valence-corrected chi connectivity index (χ2v) is 5.21. The van der Waals surface area contributed by atoms with Gasteiger partial charge < -0.3 is 5.32 Å². The molecule has 0 aliphatic carbocycles. The van der Waals surface area contributed by atoms with E-state index >= 15 is 0 Å². The van der Waals surface area contributed by atoms with Crippen LogP contribution in [0.5, 0.6) is 0 Å². The van der Waals surface area contributed by atoms with Gasteiger partial charge in [0.25, 0.3) is 5.56 Å². The molecule has 0 saturated carbocycles. The Morgan fingerprint density at radius 1 is 1.12 bits per heavy atom. The number of aromatic nitrogens is 2. The van der Waals surface area contributed by atoms with Crippen molar-refractivity contribution in [1.82, 2.24) is 9.55 Å². The molecular formula is C17H13F2N3O2. The topological polar surface area (TPSA) is 64.0 Å². The van der Waals surface area contributed by atoms with Crippen molar-refractivity contribution in [2.75, 3.05) is 5.32 Å². The van der Waals surface area contributed by atoms with E-state index in [-0.39, 0.29) is 5.56 Å². The number of nitrogens with one attached hydrogen (secondary N) is 1. The number of hydrogen-bond acceptors (Lipinski definition) is 3. The summed E-state index contributed by atoms with van der Waals surface area (Å²) in [7, 11) is 0. The highest BCUT2D eigenvalue weighted by Gasteiger charge is 2.15. The van der Waals surface area contributed by atoms with Gasteiger partial charge in [0.1, 0.15) is 29.7 Å². The van der Waals surface area contributed by atoms with E-state index in [1.165, 1.54) is 6.07 Å². The summed E-state index contributed by atoms with van der Waals surface area (Å²) in [5.41, 5.74) is -0.402. The monoisotopic (exact) mass is 329 g/mol. The maximum atomic E-state index is 13.6. The smallest absolute Gasteiger partial charge is 0.261 e. The molecule has 1 amide bonds. The number of nitrogens with zero attached hydrogens (tertiary/aromatic N) is 2. The van der Waals surface area contributed by atoms with Gasteiger partial charge in [-0.05, 0) is 31.2 Å². The molecule has 3 rings (SSSR count). The molecule has 1 heterocycles. The summed E-state index contributed by atoms with van der Waals surface area (Å²) in [6.45, 7) is 1.20. The van der Waals surface area contributed by atoms with Gasteiger partial charge in [-0.15, -0.1) is 0 Å². The van der Waals surface area contributed by atoms with Gasteiger partial charge >= 0.3 is 0 Å². The van der Waals surface area contributed by atoms with Crippen LogP contribution < -0.4 is 10.9 Å². The summed E-state index contributed by atoms with van der Waals surface area (Å²) >= 11 is 0. The number of aryl methyl sites for hydroxylation is 1. The molecule has 0 bridgehead atoms. The van der Waals surface area contributed by atoms with E-state index in [0.717, 1.165) is 16.7 Å². The highest BCUT2D eigenvalue weighted by molar-refractivity contribution is 5.91. The number of rotatable bonds is 3. The van der Waals surface area contributed by atoms with Gasteiger partial charge in [-0.3, -0.25) is 14.2 Å². The first-order valence-corrected chi connectivity index (χ1v) is 7.17. The van der Waals surface area contributed by atoms with Gasteiger partial charge in [-0.2, -0.15) is 0 Å². The Bertz CT molecular complexity index is 979. The lowest BCUT2D eigenvalue weighted by Crippen LogP contribution is -2.30. The molecule has 0 radical (unpaired) electrons. The normalized spacial score (nSPS) is 10.8. The minimum Gasteiger partial charge on any atom is -0.320 e. The second kappa shape index (κ2) is 6.19. The lowest BCUT2D eigenvalue weighted by molar-refractivity contribution is -0.116. The van der Waals surface area contributed by atoms with E-state index < -0.39 is 29.8 Å². The minimum absolute atomic E-state index is 0.336. The Balaban J connectivity index is 1.93. The molecule has 0 unspecified atom stereocenters. The van der Waals surface area contributed by atoms with Crippen LogP contribution in [-0.4, -0.2) is 15.5 Å². The summed E-state index contributed by atoms with van der Waals surface area (Å²) in [6.07, 6.45) is 0. The van der Waals surface area contributed by atoms with E-state index in [9.17, 15) is 18.4 Å². The van der Waals surface area contributed by atoms with Crippen LogP contribution in [0.15, 0.2) is 47.3 Å². The van der Waals surface area contributed by atoms with E-state index in [2.05, 4.69) is 10.3 Å². The van der Waals surface area contributed by atoms with Crippen LogP contribution >= 0.6 is 0 Å². The number of carbonyl (C=O) groups is 1. The zero-order valence-electron chi connectivity index (χ0n) is 12.7. The van der Waals surface area contributed by atoms with Crippen molar-refractivity contribution >= 4 is 22.5 Å². The van der Waals surface area contributed by atoms with Crippen molar-refractivity contribution in [1.29, 1.82) is 0 Å². The Labute approximate surface area is 135 Å². The van der Waals surface area contributed by atoms with Crippen molar-refractivity contribution in [2.45, 2.75) is 13.5 Å². The van der Waals surface area contributed by atoms with Crippen molar-refractivity contribution in [2.24, 2.45) is 0 Å². The third-order valence-corrected chi connectivity index (χ3v) is 3.58. The first-order valence-electron chi connectivity index (χ1n) is 7.17. The molecule has 0 fully saturated rings. The Morgan fingerprint density at radius 3 is 2.50 bits per heavy atom. The van der Waals surface area contributed by atoms with Gasteiger partial charge in [0.15, 0.2) is 0 Å². The van der Waals surface area contributed by atoms with Crippen LogP contribution in [0.25, 0.3) is 10.9 Å². The van der Waals surface area contributed by atoms with E-state index in [1.54, 1.807) is 31.2 Å². The van der Waals surface area contributed by atoms with Crippen LogP contribution in [0.4, 0.5) is 14.5 Å². The van der Waals surface area contributed by atoms with E-state index in [0.29, 0.717) is 16.7 Å². The van der Waals surface area contributed by atoms with Crippen LogP contribution in [-0.2, 0) is 11.3 Å². The lowest BCUT2D eigenvalue weighted by atomic mass is 10.2. The van der Waals surface area contributed by atoms with Crippen molar-refractivity contribution < 1.29 is 13.6 Å². The number of benzene rings is 2. The number of fused-ring (bicyclic) bond motifs is 1. The number of carbonyl (C=O) groups excluding carboxylic acids is 1. The maximum absolute atomic E-state index is 13.6. The van der Waals surface area contributed by atoms with Crippen molar-refractivity contribution in [3.63, 3.8) is 0 Å². The maximum Gasteiger partial charge on any atom is 0.261 e. The summed E-state index contributed by atoms with van der Waals surface area (Å²) in [5.74, 6) is -2.16. The van der Waals surface area contributed by atoms with E-state index in [4.69, 9.17) is 0 Å². The fourth-order valence-corrected chi connectivity index (χ4v) is 2.41. The second-order valence-electron chi connectivity index (χ2n) is 5.21.